The molecule has 2 aromatic heterocycles. The molecule has 2 aromatic carbocycles. The summed E-state index contributed by atoms with van der Waals surface area (Å²) in [7, 11) is 0. The van der Waals surface area contributed by atoms with E-state index in [1.54, 1.807) is 24.4 Å². The van der Waals surface area contributed by atoms with Gasteiger partial charge in [0.25, 0.3) is 0 Å². The fourth-order valence-corrected chi connectivity index (χ4v) is 3.64. The zero-order valence-corrected chi connectivity index (χ0v) is 15.4. The lowest BCUT2D eigenvalue weighted by Crippen LogP contribution is -2.29. The standard InChI is InChI=1S/C24H19FN2O/c1-3-12-24(28,19-11-13-26-17(2)14-19)23-16-18-15-20(25)9-10-22(18)27(23)21-7-5-4-6-8-21/h1,4-11,13-16,28H,12H2,2H3. The molecule has 0 aliphatic rings. The van der Waals surface area contributed by atoms with Crippen LogP contribution in [0.3, 0.4) is 0 Å². The molecule has 4 rings (SSSR count). The Bertz CT molecular complexity index is 1190. The summed E-state index contributed by atoms with van der Waals surface area (Å²) in [6.07, 6.45) is 7.37. The van der Waals surface area contributed by atoms with E-state index in [0.29, 0.717) is 16.6 Å². The number of para-hydroxylation sites is 1. The highest BCUT2D eigenvalue weighted by molar-refractivity contribution is 5.84. The fraction of sp³-hybridized carbons (Fsp3) is 0.125. The molecule has 0 aliphatic heterocycles. The molecule has 138 valence electrons. The Morgan fingerprint density at radius 2 is 1.89 bits per heavy atom. The van der Waals surface area contributed by atoms with Gasteiger partial charge >= 0.3 is 0 Å². The summed E-state index contributed by atoms with van der Waals surface area (Å²) >= 11 is 0. The molecule has 1 unspecified atom stereocenters. The Hall–Kier alpha value is -3.42. The first kappa shape index (κ1) is 18.0. The molecule has 0 fully saturated rings. The number of nitrogens with zero attached hydrogens (tertiary/aromatic N) is 2. The Kier molecular flexibility index (Phi) is 4.46. The number of terminal acetylenes is 1. The van der Waals surface area contributed by atoms with Crippen molar-refractivity contribution in [2.24, 2.45) is 0 Å². The van der Waals surface area contributed by atoms with Crippen molar-refractivity contribution in [2.45, 2.75) is 18.9 Å². The molecule has 28 heavy (non-hydrogen) atoms. The van der Waals surface area contributed by atoms with Gasteiger partial charge in [0.15, 0.2) is 0 Å². The number of hydrogen-bond acceptors (Lipinski definition) is 2. The van der Waals surface area contributed by atoms with Crippen LogP contribution in [0, 0.1) is 25.1 Å². The minimum absolute atomic E-state index is 0.0715. The van der Waals surface area contributed by atoms with E-state index in [1.165, 1.54) is 12.1 Å². The van der Waals surface area contributed by atoms with E-state index < -0.39 is 5.60 Å². The molecule has 2 heterocycles. The Morgan fingerprint density at radius 1 is 1.11 bits per heavy atom. The number of hydrogen-bond donors (Lipinski definition) is 1. The van der Waals surface area contributed by atoms with Gasteiger partial charge in [-0.1, -0.05) is 18.2 Å². The topological polar surface area (TPSA) is 38.1 Å². The molecule has 4 aromatic rings. The van der Waals surface area contributed by atoms with Crippen molar-refractivity contribution in [3.05, 3.63) is 95.7 Å². The first-order chi connectivity index (χ1) is 13.5. The molecule has 0 spiro atoms. The van der Waals surface area contributed by atoms with Crippen LogP contribution in [0.4, 0.5) is 4.39 Å². The Balaban J connectivity index is 2.07. The van der Waals surface area contributed by atoms with E-state index in [4.69, 9.17) is 6.42 Å². The molecule has 1 N–H and O–H groups in total. The van der Waals surface area contributed by atoms with Crippen molar-refractivity contribution in [3.63, 3.8) is 0 Å². The summed E-state index contributed by atoms with van der Waals surface area (Å²) < 4.78 is 15.8. The predicted octanol–water partition coefficient (Wildman–Crippen LogP) is 4.73. The van der Waals surface area contributed by atoms with Crippen molar-refractivity contribution in [2.75, 3.05) is 0 Å². The summed E-state index contributed by atoms with van der Waals surface area (Å²) in [5.74, 6) is 2.27. The summed E-state index contributed by atoms with van der Waals surface area (Å²) in [5.41, 5.74) is 2.22. The van der Waals surface area contributed by atoms with E-state index in [-0.39, 0.29) is 12.2 Å². The van der Waals surface area contributed by atoms with Gasteiger partial charge < -0.3 is 9.67 Å². The van der Waals surface area contributed by atoms with Gasteiger partial charge in [0.2, 0.25) is 0 Å². The third kappa shape index (κ3) is 2.96. The van der Waals surface area contributed by atoms with Crippen molar-refractivity contribution >= 4 is 10.9 Å². The maximum absolute atomic E-state index is 13.9. The van der Waals surface area contributed by atoms with E-state index in [0.717, 1.165) is 16.9 Å². The van der Waals surface area contributed by atoms with Gasteiger partial charge in [-0.3, -0.25) is 4.98 Å². The summed E-state index contributed by atoms with van der Waals surface area (Å²) in [4.78, 5) is 4.22. The van der Waals surface area contributed by atoms with Gasteiger partial charge in [0.05, 0.1) is 11.2 Å². The van der Waals surface area contributed by atoms with Crippen molar-refractivity contribution in [1.82, 2.24) is 9.55 Å². The van der Waals surface area contributed by atoms with Crippen LogP contribution >= 0.6 is 0 Å². The third-order valence-electron chi connectivity index (χ3n) is 4.93. The largest absolute Gasteiger partial charge is 0.378 e. The first-order valence-electron chi connectivity index (χ1n) is 8.99. The molecular weight excluding hydrogens is 351 g/mol. The second kappa shape index (κ2) is 6.95. The number of aromatic nitrogens is 2. The molecule has 0 aliphatic carbocycles. The number of fused-ring (bicyclic) bond motifs is 1. The maximum Gasteiger partial charge on any atom is 0.141 e. The predicted molar refractivity (Wildman–Crippen MR) is 109 cm³/mol. The Labute approximate surface area is 163 Å². The van der Waals surface area contributed by atoms with E-state index in [9.17, 15) is 9.50 Å². The highest BCUT2D eigenvalue weighted by atomic mass is 19.1. The maximum atomic E-state index is 13.9. The normalized spacial score (nSPS) is 13.2. The van der Waals surface area contributed by atoms with Gasteiger partial charge in [-0.15, -0.1) is 12.3 Å². The zero-order chi connectivity index (χ0) is 19.7. The monoisotopic (exact) mass is 370 g/mol. The van der Waals surface area contributed by atoms with Gasteiger partial charge in [0.1, 0.15) is 11.4 Å². The molecular formula is C24H19FN2O. The van der Waals surface area contributed by atoms with Gasteiger partial charge in [0, 0.05) is 29.4 Å². The second-order valence-corrected chi connectivity index (χ2v) is 6.83. The lowest BCUT2D eigenvalue weighted by Gasteiger charge is -2.29. The van der Waals surface area contributed by atoms with E-state index in [1.807, 2.05) is 47.9 Å². The van der Waals surface area contributed by atoms with Gasteiger partial charge in [-0.25, -0.2) is 4.39 Å². The minimum Gasteiger partial charge on any atom is -0.378 e. The van der Waals surface area contributed by atoms with Crippen LogP contribution in [0.1, 0.15) is 23.4 Å². The second-order valence-electron chi connectivity index (χ2n) is 6.83. The average molecular weight is 370 g/mol. The zero-order valence-electron chi connectivity index (χ0n) is 15.4. The first-order valence-corrected chi connectivity index (χ1v) is 8.99. The van der Waals surface area contributed by atoms with Crippen LogP contribution in [-0.4, -0.2) is 14.7 Å². The van der Waals surface area contributed by atoms with Crippen LogP contribution in [0.5, 0.6) is 0 Å². The van der Waals surface area contributed by atoms with E-state index >= 15 is 0 Å². The molecule has 1 atom stereocenters. The smallest absolute Gasteiger partial charge is 0.141 e. The van der Waals surface area contributed by atoms with Crippen LogP contribution in [-0.2, 0) is 5.60 Å². The highest BCUT2D eigenvalue weighted by Crippen LogP contribution is 2.38. The van der Waals surface area contributed by atoms with Crippen LogP contribution in [0.2, 0.25) is 0 Å². The molecule has 0 saturated carbocycles. The number of halogens is 1. The van der Waals surface area contributed by atoms with Crippen molar-refractivity contribution in [3.8, 4) is 18.0 Å². The summed E-state index contributed by atoms with van der Waals surface area (Å²) in [5, 5.41) is 12.5. The number of benzene rings is 2. The number of aliphatic hydroxyl groups is 1. The summed E-state index contributed by atoms with van der Waals surface area (Å²) in [6, 6.07) is 19.6. The number of aryl methyl sites for hydroxylation is 1. The lowest BCUT2D eigenvalue weighted by molar-refractivity contribution is 0.0803. The molecule has 0 radical (unpaired) electrons. The van der Waals surface area contributed by atoms with Crippen molar-refractivity contribution in [1.29, 1.82) is 0 Å². The Morgan fingerprint density at radius 3 is 2.61 bits per heavy atom. The molecule has 3 nitrogen and oxygen atoms in total. The molecule has 0 bridgehead atoms. The van der Waals surface area contributed by atoms with Gasteiger partial charge in [-0.2, -0.15) is 0 Å². The molecule has 0 saturated heterocycles. The fourth-order valence-electron chi connectivity index (χ4n) is 3.64. The lowest BCUT2D eigenvalue weighted by atomic mass is 9.87. The van der Waals surface area contributed by atoms with Crippen LogP contribution < -0.4 is 0 Å². The van der Waals surface area contributed by atoms with Gasteiger partial charge in [-0.05, 0) is 61.0 Å². The quantitative estimate of drug-likeness (QED) is 0.527. The third-order valence-corrected chi connectivity index (χ3v) is 4.93. The van der Waals surface area contributed by atoms with Crippen LogP contribution in [0.15, 0.2) is 72.9 Å². The van der Waals surface area contributed by atoms with Crippen molar-refractivity contribution < 1.29 is 9.50 Å². The number of rotatable bonds is 4. The average Bonchev–Trinajstić information content (AvgIpc) is 3.08. The minimum atomic E-state index is -1.45. The summed E-state index contributed by atoms with van der Waals surface area (Å²) in [6.45, 7) is 1.86. The molecule has 4 heteroatoms. The highest BCUT2D eigenvalue weighted by Gasteiger charge is 2.35. The SMILES string of the molecule is C#CCC(O)(c1ccnc(C)c1)c1cc2cc(F)ccc2n1-c1ccccc1. The number of pyridine rings is 1. The molecule has 0 amide bonds. The van der Waals surface area contributed by atoms with E-state index in [2.05, 4.69) is 10.9 Å². The van der Waals surface area contributed by atoms with Crippen LogP contribution in [0.25, 0.3) is 16.6 Å².